The highest BCUT2D eigenvalue weighted by atomic mass is 32.1. The highest BCUT2D eigenvalue weighted by Crippen LogP contribution is 2.21. The van der Waals surface area contributed by atoms with Crippen molar-refractivity contribution in [3.05, 3.63) is 35.2 Å². The van der Waals surface area contributed by atoms with E-state index in [4.69, 9.17) is 0 Å². The summed E-state index contributed by atoms with van der Waals surface area (Å²) in [4.78, 5) is 24.2. The largest absolute Gasteiger partial charge is 0.345 e. The molecule has 2 amide bonds. The van der Waals surface area contributed by atoms with Crippen molar-refractivity contribution in [2.75, 3.05) is 36.4 Å². The molecule has 22 heavy (non-hydrogen) atoms. The minimum atomic E-state index is -0.534. The summed E-state index contributed by atoms with van der Waals surface area (Å²) in [5.41, 5.74) is 1.01. The maximum atomic E-state index is 13.5. The minimum Gasteiger partial charge on any atom is -0.345 e. The van der Waals surface area contributed by atoms with Crippen molar-refractivity contribution in [1.82, 2.24) is 14.9 Å². The summed E-state index contributed by atoms with van der Waals surface area (Å²) in [6.45, 7) is 4.53. The molecule has 6 nitrogen and oxygen atoms in total. The van der Waals surface area contributed by atoms with Crippen LogP contribution in [0.25, 0.3) is 0 Å². The number of carbonyl (C=O) groups excluding carboxylic acids is 1. The molecule has 1 N–H and O–H groups in total. The number of amides is 2. The monoisotopic (exact) mass is 321 g/mol. The molecule has 1 saturated heterocycles. The fraction of sp³-hybridized carbons (Fsp3) is 0.357. The second-order valence-electron chi connectivity index (χ2n) is 5.01. The van der Waals surface area contributed by atoms with Crippen LogP contribution in [0, 0.1) is 12.7 Å². The van der Waals surface area contributed by atoms with Gasteiger partial charge in [0.2, 0.25) is 0 Å². The van der Waals surface area contributed by atoms with Gasteiger partial charge in [0.25, 0.3) is 0 Å². The van der Waals surface area contributed by atoms with E-state index in [0.29, 0.717) is 26.2 Å². The van der Waals surface area contributed by atoms with Crippen molar-refractivity contribution < 1.29 is 9.18 Å². The smallest absolute Gasteiger partial charge is 0.323 e. The zero-order chi connectivity index (χ0) is 15.5. The predicted molar refractivity (Wildman–Crippen MR) is 83.9 cm³/mol. The molecule has 0 bridgehead atoms. The molecule has 0 spiro atoms. The maximum absolute atomic E-state index is 13.5. The number of halogens is 1. The van der Waals surface area contributed by atoms with Gasteiger partial charge in [0.05, 0.1) is 5.69 Å². The molecule has 3 heterocycles. The molecule has 0 radical (unpaired) electrons. The quantitative estimate of drug-likeness (QED) is 0.922. The number of aryl methyl sites for hydroxylation is 1. The van der Waals surface area contributed by atoms with Crippen molar-refractivity contribution in [3.63, 3.8) is 0 Å². The van der Waals surface area contributed by atoms with Crippen LogP contribution in [-0.4, -0.2) is 47.1 Å². The number of nitrogens with one attached hydrogen (secondary N) is 1. The average molecular weight is 321 g/mol. The van der Waals surface area contributed by atoms with Gasteiger partial charge in [0.1, 0.15) is 0 Å². The first-order valence-electron chi connectivity index (χ1n) is 6.97. The van der Waals surface area contributed by atoms with Crippen molar-refractivity contribution >= 4 is 28.3 Å². The maximum Gasteiger partial charge on any atom is 0.323 e. The lowest BCUT2D eigenvalue weighted by Gasteiger charge is -2.34. The van der Waals surface area contributed by atoms with Crippen molar-refractivity contribution in [2.24, 2.45) is 0 Å². The molecule has 0 aromatic carbocycles. The number of aromatic nitrogens is 2. The number of piperazine rings is 1. The highest BCUT2D eigenvalue weighted by Gasteiger charge is 2.23. The van der Waals surface area contributed by atoms with Crippen molar-refractivity contribution in [3.8, 4) is 0 Å². The van der Waals surface area contributed by atoms with Gasteiger partial charge in [-0.15, -0.1) is 11.3 Å². The van der Waals surface area contributed by atoms with Crippen LogP contribution in [0.3, 0.4) is 0 Å². The Morgan fingerprint density at radius 3 is 2.77 bits per heavy atom. The summed E-state index contributed by atoms with van der Waals surface area (Å²) >= 11 is 1.61. The molecule has 2 aromatic heterocycles. The van der Waals surface area contributed by atoms with Crippen LogP contribution in [0.4, 0.5) is 20.1 Å². The van der Waals surface area contributed by atoms with E-state index in [2.05, 4.69) is 20.2 Å². The SMILES string of the molecule is Cc1csc(N2CCN(C(=O)Nc3ncccc3F)CC2)n1. The normalized spacial score (nSPS) is 15.0. The van der Waals surface area contributed by atoms with E-state index in [9.17, 15) is 9.18 Å². The average Bonchev–Trinajstić information content (AvgIpc) is 2.96. The van der Waals surface area contributed by atoms with E-state index < -0.39 is 5.82 Å². The lowest BCUT2D eigenvalue weighted by Crippen LogP contribution is -2.50. The van der Waals surface area contributed by atoms with E-state index in [-0.39, 0.29) is 11.8 Å². The number of rotatable bonds is 2. The van der Waals surface area contributed by atoms with Crippen LogP contribution >= 0.6 is 11.3 Å². The van der Waals surface area contributed by atoms with E-state index in [1.807, 2.05) is 12.3 Å². The van der Waals surface area contributed by atoms with Crippen LogP contribution in [0.1, 0.15) is 5.69 Å². The Bertz CT molecular complexity index is 669. The van der Waals surface area contributed by atoms with Gasteiger partial charge in [-0.1, -0.05) is 0 Å². The fourth-order valence-corrected chi connectivity index (χ4v) is 3.10. The number of anilines is 2. The van der Waals surface area contributed by atoms with E-state index in [1.165, 1.54) is 18.3 Å². The molecular formula is C14H16FN5OS. The first-order valence-corrected chi connectivity index (χ1v) is 7.85. The summed E-state index contributed by atoms with van der Waals surface area (Å²) in [5.74, 6) is -0.571. The summed E-state index contributed by atoms with van der Waals surface area (Å²) in [6.07, 6.45) is 1.45. The standard InChI is InChI=1S/C14H16FN5OS/c1-10-9-22-14(17-10)20-7-5-19(6-8-20)13(21)18-12-11(15)3-2-4-16-12/h2-4,9H,5-8H2,1H3,(H,16,18,21). The van der Waals surface area contributed by atoms with Crippen molar-refractivity contribution in [2.45, 2.75) is 6.92 Å². The van der Waals surface area contributed by atoms with Crippen LogP contribution in [0.2, 0.25) is 0 Å². The lowest BCUT2D eigenvalue weighted by atomic mass is 10.3. The van der Waals surface area contributed by atoms with Gasteiger partial charge in [0.15, 0.2) is 16.8 Å². The predicted octanol–water partition coefficient (Wildman–Crippen LogP) is 2.34. The van der Waals surface area contributed by atoms with Gasteiger partial charge in [-0.05, 0) is 19.1 Å². The molecule has 0 unspecified atom stereocenters. The topological polar surface area (TPSA) is 61.4 Å². The molecule has 0 saturated carbocycles. The molecule has 3 rings (SSSR count). The molecule has 2 aromatic rings. The zero-order valence-electron chi connectivity index (χ0n) is 12.1. The molecule has 0 aliphatic carbocycles. The summed E-state index contributed by atoms with van der Waals surface area (Å²) in [5, 5.41) is 5.50. The molecule has 8 heteroatoms. The molecular weight excluding hydrogens is 305 g/mol. The van der Waals surface area contributed by atoms with Gasteiger partial charge in [-0.25, -0.2) is 19.2 Å². The Labute approximate surface area is 131 Å². The molecule has 1 aliphatic heterocycles. The summed E-state index contributed by atoms with van der Waals surface area (Å²) in [7, 11) is 0. The second-order valence-corrected chi connectivity index (χ2v) is 5.85. The number of pyridine rings is 1. The molecule has 1 fully saturated rings. The van der Waals surface area contributed by atoms with Gasteiger partial charge < -0.3 is 9.80 Å². The second kappa shape index (κ2) is 6.27. The number of hydrogen-bond acceptors (Lipinski definition) is 5. The Morgan fingerprint density at radius 1 is 1.36 bits per heavy atom. The van der Waals surface area contributed by atoms with Crippen LogP contribution in [0.15, 0.2) is 23.7 Å². The van der Waals surface area contributed by atoms with E-state index in [0.717, 1.165) is 10.8 Å². The van der Waals surface area contributed by atoms with Crippen LogP contribution < -0.4 is 10.2 Å². The van der Waals surface area contributed by atoms with Crippen LogP contribution in [-0.2, 0) is 0 Å². The molecule has 0 atom stereocenters. The number of hydrogen-bond donors (Lipinski definition) is 1. The molecule has 1 aliphatic rings. The Hall–Kier alpha value is -2.22. The lowest BCUT2D eigenvalue weighted by molar-refractivity contribution is 0.208. The first-order chi connectivity index (χ1) is 10.6. The first kappa shape index (κ1) is 14.7. The highest BCUT2D eigenvalue weighted by molar-refractivity contribution is 7.13. The van der Waals surface area contributed by atoms with Crippen molar-refractivity contribution in [1.29, 1.82) is 0 Å². The summed E-state index contributed by atoms with van der Waals surface area (Å²) in [6, 6.07) is 2.43. The summed E-state index contributed by atoms with van der Waals surface area (Å²) < 4.78 is 13.5. The number of thiazole rings is 1. The Morgan fingerprint density at radius 2 is 2.14 bits per heavy atom. The van der Waals surface area contributed by atoms with Gasteiger partial charge in [-0.3, -0.25) is 5.32 Å². The van der Waals surface area contributed by atoms with E-state index in [1.54, 1.807) is 16.2 Å². The number of urea groups is 1. The fourth-order valence-electron chi connectivity index (χ4n) is 2.25. The third kappa shape index (κ3) is 3.16. The van der Waals surface area contributed by atoms with Gasteiger partial charge in [0, 0.05) is 37.8 Å². The number of nitrogens with zero attached hydrogens (tertiary/aromatic N) is 4. The van der Waals surface area contributed by atoms with Crippen LogP contribution in [0.5, 0.6) is 0 Å². The number of carbonyl (C=O) groups is 1. The minimum absolute atomic E-state index is 0.0366. The third-order valence-corrected chi connectivity index (χ3v) is 4.45. The zero-order valence-corrected chi connectivity index (χ0v) is 12.9. The molecule has 116 valence electrons. The van der Waals surface area contributed by atoms with Gasteiger partial charge >= 0.3 is 6.03 Å². The van der Waals surface area contributed by atoms with Gasteiger partial charge in [-0.2, -0.15) is 0 Å². The van der Waals surface area contributed by atoms with E-state index >= 15 is 0 Å². The third-order valence-electron chi connectivity index (χ3n) is 3.43. The Kier molecular flexibility index (Phi) is 4.19. The Balaban J connectivity index is 1.57.